The second-order valence-electron chi connectivity index (χ2n) is 4.12. The molecule has 0 aromatic heterocycles. The predicted molar refractivity (Wildman–Crippen MR) is 75.1 cm³/mol. The quantitative estimate of drug-likeness (QED) is 0.617. The Hall–Kier alpha value is -1.75. The summed E-state index contributed by atoms with van der Waals surface area (Å²) >= 11 is 2.98. The van der Waals surface area contributed by atoms with E-state index in [9.17, 15) is 13.6 Å². The third kappa shape index (κ3) is 2.88. The van der Waals surface area contributed by atoms with Gasteiger partial charge in [0.05, 0.1) is 17.1 Å². The molecule has 2 nitrogen and oxygen atoms in total. The zero-order valence-corrected chi connectivity index (χ0v) is 12.2. The number of carbonyl (C=O) groups is 1. The maximum atomic E-state index is 13.9. The zero-order chi connectivity index (χ0) is 14.7. The summed E-state index contributed by atoms with van der Waals surface area (Å²) in [6.45, 7) is 0. The molecule has 0 unspecified atom stereocenters. The summed E-state index contributed by atoms with van der Waals surface area (Å²) in [6, 6.07) is 8.97. The second-order valence-corrected chi connectivity index (χ2v) is 4.98. The molecule has 104 valence electrons. The number of halogens is 3. The van der Waals surface area contributed by atoms with Crippen molar-refractivity contribution in [2.75, 3.05) is 7.11 Å². The topological polar surface area (TPSA) is 26.3 Å². The number of para-hydroxylation sites is 1. The highest BCUT2D eigenvalue weighted by molar-refractivity contribution is 9.10. The van der Waals surface area contributed by atoms with E-state index in [0.29, 0.717) is 11.3 Å². The Morgan fingerprint density at radius 2 is 1.90 bits per heavy atom. The molecule has 2 rings (SSSR count). The van der Waals surface area contributed by atoms with Crippen molar-refractivity contribution in [1.82, 2.24) is 0 Å². The first-order valence-corrected chi connectivity index (χ1v) is 6.62. The SMILES string of the molecule is COc1ccccc1C(=O)Cc1c(F)ccc(Br)c1F. The fourth-order valence-corrected chi connectivity index (χ4v) is 2.23. The number of rotatable bonds is 4. The van der Waals surface area contributed by atoms with Crippen molar-refractivity contribution in [2.24, 2.45) is 0 Å². The van der Waals surface area contributed by atoms with Crippen LogP contribution in [0.3, 0.4) is 0 Å². The van der Waals surface area contributed by atoms with E-state index in [4.69, 9.17) is 4.74 Å². The molecule has 0 saturated heterocycles. The predicted octanol–water partition coefficient (Wildman–Crippen LogP) is 4.16. The van der Waals surface area contributed by atoms with Crippen LogP contribution in [-0.2, 0) is 6.42 Å². The molecule has 2 aromatic carbocycles. The number of hydrogen-bond donors (Lipinski definition) is 0. The van der Waals surface area contributed by atoms with Gasteiger partial charge in [0.25, 0.3) is 0 Å². The van der Waals surface area contributed by atoms with Gasteiger partial charge in [-0.1, -0.05) is 12.1 Å². The first-order chi connectivity index (χ1) is 9.54. The lowest BCUT2D eigenvalue weighted by molar-refractivity contribution is 0.0987. The van der Waals surface area contributed by atoms with Crippen molar-refractivity contribution in [2.45, 2.75) is 6.42 Å². The van der Waals surface area contributed by atoms with E-state index in [1.165, 1.54) is 13.2 Å². The molecule has 0 radical (unpaired) electrons. The van der Waals surface area contributed by atoms with Gasteiger partial charge in [-0.2, -0.15) is 0 Å². The fourth-order valence-electron chi connectivity index (χ4n) is 1.86. The third-order valence-electron chi connectivity index (χ3n) is 2.88. The van der Waals surface area contributed by atoms with Gasteiger partial charge in [-0.15, -0.1) is 0 Å². The smallest absolute Gasteiger partial charge is 0.171 e. The van der Waals surface area contributed by atoms with Crippen LogP contribution in [0.5, 0.6) is 5.75 Å². The molecule has 0 atom stereocenters. The van der Waals surface area contributed by atoms with Crippen LogP contribution in [0.2, 0.25) is 0 Å². The van der Waals surface area contributed by atoms with Gasteiger partial charge in [-0.05, 0) is 40.2 Å². The number of carbonyl (C=O) groups excluding carboxylic acids is 1. The summed E-state index contributed by atoms with van der Waals surface area (Å²) in [5.41, 5.74) is 0.0454. The Kier molecular flexibility index (Phi) is 4.49. The summed E-state index contributed by atoms with van der Waals surface area (Å²) in [6.07, 6.45) is -0.364. The number of ether oxygens (including phenoxy) is 1. The Morgan fingerprint density at radius 1 is 1.20 bits per heavy atom. The lowest BCUT2D eigenvalue weighted by Crippen LogP contribution is -2.09. The van der Waals surface area contributed by atoms with E-state index >= 15 is 0 Å². The van der Waals surface area contributed by atoms with Crippen LogP contribution in [0.1, 0.15) is 15.9 Å². The minimum absolute atomic E-state index is 0.127. The summed E-state index contributed by atoms with van der Waals surface area (Å²) in [4.78, 5) is 12.2. The van der Waals surface area contributed by atoms with Gasteiger partial charge < -0.3 is 4.74 Å². The molecule has 0 amide bonds. The van der Waals surface area contributed by atoms with Crippen LogP contribution < -0.4 is 4.74 Å². The largest absolute Gasteiger partial charge is 0.496 e. The number of benzene rings is 2. The van der Waals surface area contributed by atoms with Crippen LogP contribution in [0.25, 0.3) is 0 Å². The van der Waals surface area contributed by atoms with Crippen molar-refractivity contribution >= 4 is 21.7 Å². The molecule has 20 heavy (non-hydrogen) atoms. The first-order valence-electron chi connectivity index (χ1n) is 5.83. The standard InChI is InChI=1S/C15H11BrF2O2/c1-20-14-5-3-2-4-9(14)13(19)8-10-12(17)7-6-11(16)15(10)18/h2-7H,8H2,1H3. The molecular formula is C15H11BrF2O2. The molecular weight excluding hydrogens is 330 g/mol. The van der Waals surface area contributed by atoms with Crippen molar-refractivity contribution in [1.29, 1.82) is 0 Å². The number of methoxy groups -OCH3 is 1. The lowest BCUT2D eigenvalue weighted by Gasteiger charge is -2.09. The molecule has 0 aliphatic rings. The second kappa shape index (κ2) is 6.13. The lowest BCUT2D eigenvalue weighted by atomic mass is 10.0. The van der Waals surface area contributed by atoms with E-state index in [2.05, 4.69) is 15.9 Å². The van der Waals surface area contributed by atoms with Crippen LogP contribution in [-0.4, -0.2) is 12.9 Å². The van der Waals surface area contributed by atoms with E-state index in [-0.39, 0.29) is 16.5 Å². The molecule has 0 aliphatic carbocycles. The van der Waals surface area contributed by atoms with Crippen molar-refractivity contribution in [3.05, 3.63) is 63.6 Å². The summed E-state index contributed by atoms with van der Waals surface area (Å²) in [5.74, 6) is -1.52. The van der Waals surface area contributed by atoms with Crippen molar-refractivity contribution in [3.8, 4) is 5.75 Å². The van der Waals surface area contributed by atoms with Crippen LogP contribution >= 0.6 is 15.9 Å². The van der Waals surface area contributed by atoms with Gasteiger partial charge in [0, 0.05) is 12.0 Å². The highest BCUT2D eigenvalue weighted by atomic mass is 79.9. The van der Waals surface area contributed by atoms with Gasteiger partial charge in [-0.3, -0.25) is 4.79 Å². The van der Waals surface area contributed by atoms with Gasteiger partial charge in [0.1, 0.15) is 17.4 Å². The first kappa shape index (κ1) is 14.7. The monoisotopic (exact) mass is 340 g/mol. The molecule has 0 heterocycles. The maximum absolute atomic E-state index is 13.9. The Morgan fingerprint density at radius 3 is 2.60 bits per heavy atom. The molecule has 0 aliphatic heterocycles. The molecule has 2 aromatic rings. The van der Waals surface area contributed by atoms with Crippen LogP contribution in [0, 0.1) is 11.6 Å². The Balaban J connectivity index is 2.35. The normalized spacial score (nSPS) is 10.4. The molecule has 0 saturated carbocycles. The third-order valence-corrected chi connectivity index (χ3v) is 3.50. The summed E-state index contributed by atoms with van der Waals surface area (Å²) < 4.78 is 32.7. The molecule has 0 bridgehead atoms. The van der Waals surface area contributed by atoms with Gasteiger partial charge in [0.15, 0.2) is 5.78 Å². The van der Waals surface area contributed by atoms with Crippen molar-refractivity contribution < 1.29 is 18.3 Å². The van der Waals surface area contributed by atoms with Crippen molar-refractivity contribution in [3.63, 3.8) is 0 Å². The molecule has 0 N–H and O–H groups in total. The maximum Gasteiger partial charge on any atom is 0.171 e. The Bertz CT molecular complexity index is 656. The number of ketones is 1. The van der Waals surface area contributed by atoms with E-state index in [1.807, 2.05) is 0 Å². The zero-order valence-electron chi connectivity index (χ0n) is 10.6. The molecule has 5 heteroatoms. The average Bonchev–Trinajstić information content (AvgIpc) is 2.47. The highest BCUT2D eigenvalue weighted by Crippen LogP contribution is 2.25. The summed E-state index contributed by atoms with van der Waals surface area (Å²) in [5, 5.41) is 0. The molecule has 0 fully saturated rings. The minimum atomic E-state index is -0.756. The van der Waals surface area contributed by atoms with Crippen LogP contribution in [0.15, 0.2) is 40.9 Å². The number of hydrogen-bond acceptors (Lipinski definition) is 2. The Labute approximate surface area is 123 Å². The van der Waals surface area contributed by atoms with Crippen LogP contribution in [0.4, 0.5) is 8.78 Å². The van der Waals surface area contributed by atoms with E-state index < -0.39 is 17.4 Å². The summed E-state index contributed by atoms with van der Waals surface area (Å²) in [7, 11) is 1.44. The number of Topliss-reactive ketones (excluding diaryl/α,β-unsaturated/α-hetero) is 1. The fraction of sp³-hybridized carbons (Fsp3) is 0.133. The highest BCUT2D eigenvalue weighted by Gasteiger charge is 2.18. The minimum Gasteiger partial charge on any atom is -0.496 e. The van der Waals surface area contributed by atoms with Gasteiger partial charge in [-0.25, -0.2) is 8.78 Å². The van der Waals surface area contributed by atoms with E-state index in [0.717, 1.165) is 6.07 Å². The molecule has 0 spiro atoms. The van der Waals surface area contributed by atoms with Gasteiger partial charge >= 0.3 is 0 Å². The van der Waals surface area contributed by atoms with E-state index in [1.54, 1.807) is 24.3 Å². The average molecular weight is 341 g/mol. The van der Waals surface area contributed by atoms with Gasteiger partial charge in [0.2, 0.25) is 0 Å².